The molecule has 17 heavy (non-hydrogen) atoms. The van der Waals surface area contributed by atoms with E-state index in [-0.39, 0.29) is 12.3 Å². The van der Waals surface area contributed by atoms with Gasteiger partial charge in [0.1, 0.15) is 6.54 Å². The Hall–Kier alpha value is -1.85. The van der Waals surface area contributed by atoms with Gasteiger partial charge in [0.25, 0.3) is 5.91 Å². The lowest BCUT2D eigenvalue weighted by Crippen LogP contribution is -2.32. The summed E-state index contributed by atoms with van der Waals surface area (Å²) in [4.78, 5) is 27.7. The Bertz CT molecular complexity index is 462. The van der Waals surface area contributed by atoms with Crippen molar-refractivity contribution in [3.05, 3.63) is 17.3 Å². The molecule has 0 aliphatic heterocycles. The molecule has 0 unspecified atom stereocenters. The molecule has 1 N–H and O–H groups in total. The maximum atomic E-state index is 11.9. The average Bonchev–Trinajstić information content (AvgIpc) is 3.01. The molecule has 92 valence electrons. The van der Waals surface area contributed by atoms with E-state index in [0.717, 1.165) is 17.7 Å². The zero-order valence-corrected chi connectivity index (χ0v) is 9.77. The number of hydrogen-bond donors (Lipinski definition) is 1. The van der Waals surface area contributed by atoms with E-state index in [9.17, 15) is 9.59 Å². The Morgan fingerprint density at radius 2 is 2.18 bits per heavy atom. The normalized spacial score (nSPS) is 14.7. The Balaban J connectivity index is 2.15. The van der Waals surface area contributed by atoms with Gasteiger partial charge in [-0.25, -0.2) is 4.98 Å². The second-order valence-corrected chi connectivity index (χ2v) is 4.30. The van der Waals surface area contributed by atoms with E-state index in [0.29, 0.717) is 17.5 Å². The number of likely N-dealkylation sites (N-methyl/N-ethyl adjacent to an activating group) is 1. The van der Waals surface area contributed by atoms with Gasteiger partial charge in [-0.3, -0.25) is 9.59 Å². The first-order valence-corrected chi connectivity index (χ1v) is 5.43. The van der Waals surface area contributed by atoms with E-state index in [4.69, 9.17) is 9.52 Å². The maximum Gasteiger partial charge on any atom is 0.323 e. The second kappa shape index (κ2) is 4.20. The lowest BCUT2D eigenvalue weighted by atomic mass is 10.3. The van der Waals surface area contributed by atoms with Crippen molar-refractivity contribution in [2.24, 2.45) is 0 Å². The molecule has 0 saturated heterocycles. The van der Waals surface area contributed by atoms with Gasteiger partial charge in [-0.15, -0.1) is 0 Å². The Morgan fingerprint density at radius 3 is 2.71 bits per heavy atom. The van der Waals surface area contributed by atoms with Gasteiger partial charge in [0.2, 0.25) is 5.76 Å². The molecule has 1 aromatic rings. The molecule has 0 bridgehead atoms. The van der Waals surface area contributed by atoms with Crippen LogP contribution < -0.4 is 0 Å². The SMILES string of the molecule is Cc1nc(C2CC2)oc1C(=O)N(C)CC(=O)O. The topological polar surface area (TPSA) is 83.6 Å². The van der Waals surface area contributed by atoms with Crippen molar-refractivity contribution in [3.63, 3.8) is 0 Å². The van der Waals surface area contributed by atoms with Crippen molar-refractivity contribution in [2.45, 2.75) is 25.7 Å². The average molecular weight is 238 g/mol. The first-order valence-electron chi connectivity index (χ1n) is 5.43. The molecule has 6 heteroatoms. The molecule has 1 amide bonds. The molecule has 2 rings (SSSR count). The fourth-order valence-electron chi connectivity index (χ4n) is 1.57. The fourth-order valence-corrected chi connectivity index (χ4v) is 1.57. The number of carboxylic acids is 1. The molecule has 1 aromatic heterocycles. The zero-order chi connectivity index (χ0) is 12.6. The summed E-state index contributed by atoms with van der Waals surface area (Å²) in [6, 6.07) is 0. The van der Waals surface area contributed by atoms with Crippen LogP contribution in [0.2, 0.25) is 0 Å². The lowest BCUT2D eigenvalue weighted by molar-refractivity contribution is -0.137. The third kappa shape index (κ3) is 2.46. The molecule has 1 aliphatic carbocycles. The van der Waals surface area contributed by atoms with Gasteiger partial charge in [-0.2, -0.15) is 0 Å². The summed E-state index contributed by atoms with van der Waals surface area (Å²) in [5.74, 6) is -0.421. The number of oxazole rings is 1. The minimum atomic E-state index is -1.06. The predicted molar refractivity (Wildman–Crippen MR) is 57.8 cm³/mol. The van der Waals surface area contributed by atoms with E-state index < -0.39 is 11.9 Å². The number of aromatic nitrogens is 1. The van der Waals surface area contributed by atoms with Gasteiger partial charge in [0.15, 0.2) is 5.89 Å². The van der Waals surface area contributed by atoms with Crippen molar-refractivity contribution >= 4 is 11.9 Å². The van der Waals surface area contributed by atoms with E-state index in [1.54, 1.807) is 6.92 Å². The number of carbonyl (C=O) groups excluding carboxylic acids is 1. The summed E-state index contributed by atoms with van der Waals surface area (Å²) < 4.78 is 5.41. The van der Waals surface area contributed by atoms with Crippen LogP contribution in [0.5, 0.6) is 0 Å². The van der Waals surface area contributed by atoms with Gasteiger partial charge < -0.3 is 14.4 Å². The predicted octanol–water partition coefficient (Wildman–Crippen LogP) is 1.02. The third-order valence-electron chi connectivity index (χ3n) is 2.65. The maximum absolute atomic E-state index is 11.9. The number of aliphatic carboxylic acids is 1. The fraction of sp³-hybridized carbons (Fsp3) is 0.545. The lowest BCUT2D eigenvalue weighted by Gasteiger charge is -2.12. The van der Waals surface area contributed by atoms with Gasteiger partial charge in [0.05, 0.1) is 5.69 Å². The van der Waals surface area contributed by atoms with Crippen LogP contribution in [0.4, 0.5) is 0 Å². The van der Waals surface area contributed by atoms with Gasteiger partial charge in [-0.1, -0.05) is 0 Å². The summed E-state index contributed by atoms with van der Waals surface area (Å²) in [7, 11) is 1.43. The van der Waals surface area contributed by atoms with Crippen molar-refractivity contribution in [3.8, 4) is 0 Å². The van der Waals surface area contributed by atoms with Crippen molar-refractivity contribution in [2.75, 3.05) is 13.6 Å². The molecule has 1 aliphatic rings. The summed E-state index contributed by atoms with van der Waals surface area (Å²) in [5, 5.41) is 8.61. The van der Waals surface area contributed by atoms with Crippen LogP contribution in [0.15, 0.2) is 4.42 Å². The Labute approximate surface area is 98.2 Å². The number of amides is 1. The van der Waals surface area contributed by atoms with Crippen LogP contribution >= 0.6 is 0 Å². The number of nitrogens with zero attached hydrogens (tertiary/aromatic N) is 2. The smallest absolute Gasteiger partial charge is 0.323 e. The van der Waals surface area contributed by atoms with E-state index in [1.165, 1.54) is 7.05 Å². The van der Waals surface area contributed by atoms with Crippen molar-refractivity contribution in [1.29, 1.82) is 0 Å². The van der Waals surface area contributed by atoms with Crippen LogP contribution in [0.25, 0.3) is 0 Å². The van der Waals surface area contributed by atoms with Crippen LogP contribution in [-0.2, 0) is 4.79 Å². The van der Waals surface area contributed by atoms with Crippen LogP contribution in [0.1, 0.15) is 40.9 Å². The summed E-state index contributed by atoms with van der Waals surface area (Å²) in [6.07, 6.45) is 2.08. The molecule has 0 atom stereocenters. The number of aryl methyl sites for hydroxylation is 1. The summed E-state index contributed by atoms with van der Waals surface area (Å²) >= 11 is 0. The number of rotatable bonds is 4. The molecule has 1 heterocycles. The summed E-state index contributed by atoms with van der Waals surface area (Å²) in [5.41, 5.74) is 0.522. The minimum absolute atomic E-state index is 0.149. The molecule has 0 spiro atoms. The summed E-state index contributed by atoms with van der Waals surface area (Å²) in [6.45, 7) is 1.34. The molecule has 0 aromatic carbocycles. The molecule has 1 fully saturated rings. The highest BCUT2D eigenvalue weighted by Gasteiger charge is 2.31. The van der Waals surface area contributed by atoms with E-state index >= 15 is 0 Å². The second-order valence-electron chi connectivity index (χ2n) is 4.30. The first kappa shape index (κ1) is 11.6. The highest BCUT2D eigenvalue weighted by atomic mass is 16.4. The number of carboxylic acid groups (broad SMARTS) is 1. The van der Waals surface area contributed by atoms with Crippen molar-refractivity contribution in [1.82, 2.24) is 9.88 Å². The van der Waals surface area contributed by atoms with E-state index in [1.807, 2.05) is 0 Å². The molecule has 0 radical (unpaired) electrons. The third-order valence-corrected chi connectivity index (χ3v) is 2.65. The van der Waals surface area contributed by atoms with Gasteiger partial charge in [-0.05, 0) is 19.8 Å². The molecular formula is C11H14N2O4. The van der Waals surface area contributed by atoms with Crippen LogP contribution in [-0.4, -0.2) is 40.5 Å². The van der Waals surface area contributed by atoms with Gasteiger partial charge in [0, 0.05) is 13.0 Å². The Kier molecular flexibility index (Phi) is 2.87. The molecule has 1 saturated carbocycles. The zero-order valence-electron chi connectivity index (χ0n) is 9.77. The van der Waals surface area contributed by atoms with Crippen LogP contribution in [0.3, 0.4) is 0 Å². The van der Waals surface area contributed by atoms with Crippen molar-refractivity contribution < 1.29 is 19.1 Å². The van der Waals surface area contributed by atoms with E-state index in [2.05, 4.69) is 4.98 Å². The number of hydrogen-bond acceptors (Lipinski definition) is 4. The van der Waals surface area contributed by atoms with Crippen LogP contribution in [0, 0.1) is 6.92 Å². The monoisotopic (exact) mass is 238 g/mol. The Morgan fingerprint density at radius 1 is 1.53 bits per heavy atom. The quantitative estimate of drug-likeness (QED) is 0.846. The molecular weight excluding hydrogens is 224 g/mol. The minimum Gasteiger partial charge on any atom is -0.480 e. The highest BCUT2D eigenvalue weighted by Crippen LogP contribution is 2.40. The highest BCUT2D eigenvalue weighted by molar-refractivity contribution is 5.94. The number of carbonyl (C=O) groups is 2. The first-order chi connectivity index (χ1) is 7.99. The molecule has 6 nitrogen and oxygen atoms in total. The largest absolute Gasteiger partial charge is 0.480 e. The van der Waals surface area contributed by atoms with Gasteiger partial charge >= 0.3 is 5.97 Å². The standard InChI is InChI=1S/C11H14N2O4/c1-6-9(11(16)13(2)5-8(14)15)17-10(12-6)7-3-4-7/h7H,3-5H2,1-2H3,(H,14,15).